The van der Waals surface area contributed by atoms with Crippen LogP contribution in [0.2, 0.25) is 0 Å². The molecule has 0 unspecified atom stereocenters. The monoisotopic (exact) mass is 383 g/mol. The normalized spacial score (nSPS) is 10.7. The van der Waals surface area contributed by atoms with E-state index in [4.69, 9.17) is 0 Å². The molecular weight excluding hydrogens is 362 g/mol. The molecule has 0 N–H and O–H groups in total. The van der Waals surface area contributed by atoms with Crippen LogP contribution in [0.25, 0.3) is 44.6 Å². The highest BCUT2D eigenvalue weighted by atomic mass is 14.7. The average Bonchev–Trinajstić information content (AvgIpc) is 2.85. The molecule has 0 aliphatic carbocycles. The second-order valence-electron chi connectivity index (χ2n) is 7.28. The zero-order chi connectivity index (χ0) is 20.2. The van der Waals surface area contributed by atoms with Gasteiger partial charge in [0.1, 0.15) is 0 Å². The Morgan fingerprint density at radius 1 is 0.367 bits per heavy atom. The Balaban J connectivity index is 1.52. The SMILES string of the molecule is c1ccc(-c2ccc(-c3ccnc(-c4ccccc4-c4ccccc4)c3)cc2)cc1. The summed E-state index contributed by atoms with van der Waals surface area (Å²) in [6.45, 7) is 0. The highest BCUT2D eigenvalue weighted by Gasteiger charge is 2.09. The van der Waals surface area contributed by atoms with Gasteiger partial charge >= 0.3 is 0 Å². The molecule has 0 aliphatic rings. The van der Waals surface area contributed by atoms with Crippen molar-refractivity contribution in [3.8, 4) is 44.6 Å². The Morgan fingerprint density at radius 2 is 0.867 bits per heavy atom. The summed E-state index contributed by atoms with van der Waals surface area (Å²) in [6.07, 6.45) is 1.90. The zero-order valence-electron chi connectivity index (χ0n) is 16.6. The summed E-state index contributed by atoms with van der Waals surface area (Å²) in [5.41, 5.74) is 9.34. The van der Waals surface area contributed by atoms with Gasteiger partial charge in [-0.25, -0.2) is 0 Å². The second-order valence-corrected chi connectivity index (χ2v) is 7.28. The van der Waals surface area contributed by atoms with Gasteiger partial charge in [-0.1, -0.05) is 109 Å². The first kappa shape index (κ1) is 18.1. The summed E-state index contributed by atoms with van der Waals surface area (Å²) in [4.78, 5) is 4.69. The molecule has 5 aromatic rings. The number of aromatic nitrogens is 1. The maximum absolute atomic E-state index is 4.69. The van der Waals surface area contributed by atoms with Crippen molar-refractivity contribution in [3.05, 3.63) is 128 Å². The molecule has 1 heterocycles. The van der Waals surface area contributed by atoms with E-state index in [2.05, 4.69) is 114 Å². The number of rotatable bonds is 4. The number of pyridine rings is 1. The Labute approximate surface area is 177 Å². The van der Waals surface area contributed by atoms with Crippen LogP contribution in [0.1, 0.15) is 0 Å². The van der Waals surface area contributed by atoms with E-state index in [1.807, 2.05) is 18.3 Å². The van der Waals surface area contributed by atoms with Gasteiger partial charge in [0.25, 0.3) is 0 Å². The van der Waals surface area contributed by atoms with Gasteiger partial charge in [0.15, 0.2) is 0 Å². The van der Waals surface area contributed by atoms with Crippen LogP contribution in [0, 0.1) is 0 Å². The lowest BCUT2D eigenvalue weighted by Crippen LogP contribution is -1.89. The summed E-state index contributed by atoms with van der Waals surface area (Å²) in [5, 5.41) is 0. The number of nitrogens with zero attached hydrogens (tertiary/aromatic N) is 1. The highest BCUT2D eigenvalue weighted by Crippen LogP contribution is 2.33. The molecule has 0 fully saturated rings. The first-order valence-electron chi connectivity index (χ1n) is 10.2. The Morgan fingerprint density at radius 3 is 1.53 bits per heavy atom. The molecule has 30 heavy (non-hydrogen) atoms. The van der Waals surface area contributed by atoms with Crippen molar-refractivity contribution in [3.63, 3.8) is 0 Å². The predicted molar refractivity (Wildman–Crippen MR) is 126 cm³/mol. The zero-order valence-corrected chi connectivity index (χ0v) is 16.6. The third-order valence-corrected chi connectivity index (χ3v) is 5.37. The number of hydrogen-bond acceptors (Lipinski definition) is 1. The van der Waals surface area contributed by atoms with Crippen LogP contribution >= 0.6 is 0 Å². The summed E-state index contributed by atoms with van der Waals surface area (Å²) in [5.74, 6) is 0. The van der Waals surface area contributed by atoms with Gasteiger partial charge in [-0.3, -0.25) is 4.98 Å². The highest BCUT2D eigenvalue weighted by molar-refractivity contribution is 5.83. The van der Waals surface area contributed by atoms with Gasteiger partial charge in [0.2, 0.25) is 0 Å². The molecule has 4 aromatic carbocycles. The Kier molecular flexibility index (Phi) is 4.93. The van der Waals surface area contributed by atoms with Crippen molar-refractivity contribution in [1.29, 1.82) is 0 Å². The van der Waals surface area contributed by atoms with Crippen LogP contribution in [0.4, 0.5) is 0 Å². The molecule has 1 nitrogen and oxygen atoms in total. The molecule has 0 spiro atoms. The smallest absolute Gasteiger partial charge is 0.0714 e. The van der Waals surface area contributed by atoms with Crippen LogP contribution in [-0.2, 0) is 0 Å². The molecule has 0 saturated heterocycles. The van der Waals surface area contributed by atoms with E-state index in [1.54, 1.807) is 0 Å². The van der Waals surface area contributed by atoms with E-state index in [-0.39, 0.29) is 0 Å². The minimum Gasteiger partial charge on any atom is -0.256 e. The molecule has 142 valence electrons. The van der Waals surface area contributed by atoms with E-state index >= 15 is 0 Å². The van der Waals surface area contributed by atoms with Crippen LogP contribution in [0.3, 0.4) is 0 Å². The van der Waals surface area contributed by atoms with E-state index < -0.39 is 0 Å². The maximum atomic E-state index is 4.69. The fourth-order valence-electron chi connectivity index (χ4n) is 3.82. The van der Waals surface area contributed by atoms with Crippen molar-refractivity contribution in [2.45, 2.75) is 0 Å². The lowest BCUT2D eigenvalue weighted by atomic mass is 9.95. The van der Waals surface area contributed by atoms with Gasteiger partial charge in [0, 0.05) is 11.8 Å². The maximum Gasteiger partial charge on any atom is 0.0714 e. The summed E-state index contributed by atoms with van der Waals surface area (Å²) in [6, 6.07) is 42.4. The van der Waals surface area contributed by atoms with E-state index in [0.717, 1.165) is 11.3 Å². The fourth-order valence-corrected chi connectivity index (χ4v) is 3.82. The Bertz CT molecular complexity index is 1260. The summed E-state index contributed by atoms with van der Waals surface area (Å²) < 4.78 is 0. The molecular formula is C29H21N. The van der Waals surface area contributed by atoms with Crippen LogP contribution in [-0.4, -0.2) is 4.98 Å². The van der Waals surface area contributed by atoms with E-state index in [0.29, 0.717) is 0 Å². The molecule has 1 heteroatoms. The predicted octanol–water partition coefficient (Wildman–Crippen LogP) is 7.75. The van der Waals surface area contributed by atoms with Crippen molar-refractivity contribution >= 4 is 0 Å². The lowest BCUT2D eigenvalue weighted by molar-refractivity contribution is 1.33. The number of benzene rings is 4. The molecule has 0 aliphatic heterocycles. The van der Waals surface area contributed by atoms with Crippen molar-refractivity contribution in [1.82, 2.24) is 4.98 Å². The molecule has 0 saturated carbocycles. The first-order valence-corrected chi connectivity index (χ1v) is 10.2. The van der Waals surface area contributed by atoms with Crippen LogP contribution in [0.5, 0.6) is 0 Å². The molecule has 0 atom stereocenters. The minimum absolute atomic E-state index is 0.985. The second kappa shape index (κ2) is 8.18. The average molecular weight is 383 g/mol. The van der Waals surface area contributed by atoms with Crippen molar-refractivity contribution in [2.75, 3.05) is 0 Å². The summed E-state index contributed by atoms with van der Waals surface area (Å²) in [7, 11) is 0. The Hall–Kier alpha value is -3.97. The number of hydrogen-bond donors (Lipinski definition) is 0. The van der Waals surface area contributed by atoms with Gasteiger partial charge in [-0.2, -0.15) is 0 Å². The van der Waals surface area contributed by atoms with E-state index in [9.17, 15) is 0 Å². The largest absolute Gasteiger partial charge is 0.256 e. The third kappa shape index (κ3) is 3.66. The van der Waals surface area contributed by atoms with Crippen molar-refractivity contribution < 1.29 is 0 Å². The lowest BCUT2D eigenvalue weighted by Gasteiger charge is -2.11. The third-order valence-electron chi connectivity index (χ3n) is 5.37. The minimum atomic E-state index is 0.985. The van der Waals surface area contributed by atoms with Crippen molar-refractivity contribution in [2.24, 2.45) is 0 Å². The van der Waals surface area contributed by atoms with Gasteiger partial charge in [-0.15, -0.1) is 0 Å². The molecule has 1 aromatic heterocycles. The standard InChI is InChI=1S/C29H21N/c1-3-9-22(10-4-1)23-15-17-24(18-16-23)26-19-20-30-29(21-26)28-14-8-7-13-27(28)25-11-5-2-6-12-25/h1-21H. The summed E-state index contributed by atoms with van der Waals surface area (Å²) >= 11 is 0. The van der Waals surface area contributed by atoms with Crippen LogP contribution < -0.4 is 0 Å². The van der Waals surface area contributed by atoms with E-state index in [1.165, 1.54) is 33.4 Å². The topological polar surface area (TPSA) is 12.9 Å². The fraction of sp³-hybridized carbons (Fsp3) is 0. The van der Waals surface area contributed by atoms with Gasteiger partial charge in [-0.05, 0) is 45.5 Å². The molecule has 0 amide bonds. The first-order chi connectivity index (χ1) is 14.9. The molecule has 5 rings (SSSR count). The van der Waals surface area contributed by atoms with Crippen LogP contribution in [0.15, 0.2) is 128 Å². The molecule has 0 bridgehead atoms. The van der Waals surface area contributed by atoms with Gasteiger partial charge < -0.3 is 0 Å². The van der Waals surface area contributed by atoms with Gasteiger partial charge in [0.05, 0.1) is 5.69 Å². The molecule has 0 radical (unpaired) electrons. The quantitative estimate of drug-likeness (QED) is 0.309.